The maximum atomic E-state index is 12.8. The van der Waals surface area contributed by atoms with Gasteiger partial charge in [0.15, 0.2) is 11.6 Å². The predicted octanol–water partition coefficient (Wildman–Crippen LogP) is 5.32. The molecular weight excluding hydrogens is 416 g/mol. The minimum Gasteiger partial charge on any atom is -0.460 e. The third kappa shape index (κ3) is 6.82. The van der Waals surface area contributed by atoms with E-state index in [1.165, 1.54) is 6.08 Å². The number of esters is 1. The lowest BCUT2D eigenvalue weighted by Gasteiger charge is -2.24. The first-order valence-electron chi connectivity index (χ1n) is 11.3. The average Bonchev–Trinajstić information content (AvgIpc) is 2.76. The minimum absolute atomic E-state index is 0.0580. The summed E-state index contributed by atoms with van der Waals surface area (Å²) in [6.07, 6.45) is 2.91. The molecule has 0 amide bonds. The zero-order valence-corrected chi connectivity index (χ0v) is 19.4. The monoisotopic (exact) mass is 446 g/mol. The van der Waals surface area contributed by atoms with Crippen LogP contribution >= 0.6 is 0 Å². The summed E-state index contributed by atoms with van der Waals surface area (Å²) in [7, 11) is 0. The number of carbonyl (C=O) groups is 4. The summed E-state index contributed by atoms with van der Waals surface area (Å²) in [5.41, 5.74) is 1.60. The highest BCUT2D eigenvalue weighted by atomic mass is 16.6. The van der Waals surface area contributed by atoms with Crippen molar-refractivity contribution in [1.29, 1.82) is 0 Å². The second-order valence-corrected chi connectivity index (χ2v) is 9.43. The van der Waals surface area contributed by atoms with Crippen LogP contribution in [-0.2, 0) is 20.7 Å². The first-order valence-corrected chi connectivity index (χ1v) is 11.3. The van der Waals surface area contributed by atoms with Crippen LogP contribution in [0, 0.1) is 5.92 Å². The molecule has 0 bridgehead atoms. The van der Waals surface area contributed by atoms with Crippen LogP contribution in [0.5, 0.6) is 0 Å². The Kier molecular flexibility index (Phi) is 7.75. The van der Waals surface area contributed by atoms with Crippen molar-refractivity contribution >= 4 is 23.3 Å². The van der Waals surface area contributed by atoms with Crippen molar-refractivity contribution < 1.29 is 23.9 Å². The molecule has 33 heavy (non-hydrogen) atoms. The summed E-state index contributed by atoms with van der Waals surface area (Å²) in [4.78, 5) is 50.4. The zero-order valence-electron chi connectivity index (χ0n) is 19.4. The van der Waals surface area contributed by atoms with Crippen LogP contribution in [0.2, 0.25) is 0 Å². The molecule has 172 valence electrons. The number of allylic oxidation sites excluding steroid dienone is 2. The van der Waals surface area contributed by atoms with E-state index in [1.54, 1.807) is 45.0 Å². The Morgan fingerprint density at radius 3 is 2.21 bits per heavy atom. The average molecular weight is 447 g/mol. The van der Waals surface area contributed by atoms with E-state index in [9.17, 15) is 19.2 Å². The molecule has 0 fully saturated rings. The van der Waals surface area contributed by atoms with Gasteiger partial charge in [-0.1, -0.05) is 54.6 Å². The number of hydrogen-bond donors (Lipinski definition) is 0. The molecule has 3 rings (SSSR count). The van der Waals surface area contributed by atoms with Crippen LogP contribution in [0.4, 0.5) is 0 Å². The topological polar surface area (TPSA) is 77.5 Å². The third-order valence-corrected chi connectivity index (χ3v) is 5.47. The lowest BCUT2D eigenvalue weighted by molar-refractivity contribution is -0.161. The molecular formula is C28H30O5. The molecule has 5 heteroatoms. The Labute approximate surface area is 194 Å². The van der Waals surface area contributed by atoms with Crippen molar-refractivity contribution in [3.63, 3.8) is 0 Å². The second-order valence-electron chi connectivity index (χ2n) is 9.43. The largest absolute Gasteiger partial charge is 0.460 e. The van der Waals surface area contributed by atoms with E-state index < -0.39 is 11.5 Å². The number of Topliss-reactive ketones (excluding diaryl/α,β-unsaturated/α-hetero) is 2. The molecule has 0 unspecified atom stereocenters. The highest BCUT2D eigenvalue weighted by molar-refractivity contribution is 6.24. The van der Waals surface area contributed by atoms with Gasteiger partial charge < -0.3 is 4.74 Å². The molecule has 0 heterocycles. The van der Waals surface area contributed by atoms with Gasteiger partial charge in [-0.15, -0.1) is 0 Å². The van der Waals surface area contributed by atoms with E-state index in [-0.39, 0.29) is 36.2 Å². The first-order chi connectivity index (χ1) is 15.6. The fourth-order valence-corrected chi connectivity index (χ4v) is 3.93. The summed E-state index contributed by atoms with van der Waals surface area (Å²) in [6.45, 7) is 5.42. The van der Waals surface area contributed by atoms with Crippen LogP contribution in [0.15, 0.2) is 66.2 Å². The fraction of sp³-hybridized carbons (Fsp3) is 0.357. The fourth-order valence-electron chi connectivity index (χ4n) is 3.93. The molecule has 0 aromatic heterocycles. The smallest absolute Gasteiger partial charge is 0.310 e. The number of carbonyl (C=O) groups excluding carboxylic acids is 4. The van der Waals surface area contributed by atoms with Gasteiger partial charge in [-0.05, 0) is 51.7 Å². The third-order valence-electron chi connectivity index (χ3n) is 5.47. The van der Waals surface area contributed by atoms with E-state index in [0.29, 0.717) is 36.0 Å². The zero-order chi connectivity index (χ0) is 24.0. The van der Waals surface area contributed by atoms with Gasteiger partial charge >= 0.3 is 5.97 Å². The van der Waals surface area contributed by atoms with E-state index in [1.807, 2.05) is 30.3 Å². The summed E-state index contributed by atoms with van der Waals surface area (Å²) in [5.74, 6) is -1.35. The SMILES string of the molecule is CC(C)(C)OC(=O)[C@@H](CC(=O)CCCC1=CC(=O)c2ccccc2C1=O)Cc1ccccc1. The van der Waals surface area contributed by atoms with Crippen LogP contribution in [0.1, 0.15) is 72.7 Å². The lowest BCUT2D eigenvalue weighted by atomic mass is 9.87. The summed E-state index contributed by atoms with van der Waals surface area (Å²) in [5, 5.41) is 0. The van der Waals surface area contributed by atoms with Gasteiger partial charge in [0.25, 0.3) is 0 Å². The molecule has 0 saturated heterocycles. The summed E-state index contributed by atoms with van der Waals surface area (Å²) in [6, 6.07) is 16.3. The summed E-state index contributed by atoms with van der Waals surface area (Å²) >= 11 is 0. The van der Waals surface area contributed by atoms with Crippen LogP contribution in [0.3, 0.4) is 0 Å². The predicted molar refractivity (Wildman–Crippen MR) is 126 cm³/mol. The van der Waals surface area contributed by atoms with E-state index in [4.69, 9.17) is 4.74 Å². The maximum Gasteiger partial charge on any atom is 0.310 e. The molecule has 5 nitrogen and oxygen atoms in total. The van der Waals surface area contributed by atoms with Crippen molar-refractivity contribution in [3.8, 4) is 0 Å². The Morgan fingerprint density at radius 2 is 1.55 bits per heavy atom. The maximum absolute atomic E-state index is 12.8. The molecule has 2 aromatic rings. The molecule has 0 spiro atoms. The van der Waals surface area contributed by atoms with Crippen LogP contribution in [-0.4, -0.2) is 28.9 Å². The van der Waals surface area contributed by atoms with E-state index >= 15 is 0 Å². The van der Waals surface area contributed by atoms with Gasteiger partial charge in [-0.2, -0.15) is 0 Å². The Balaban J connectivity index is 1.59. The number of ether oxygens (including phenoxy) is 1. The first kappa shape index (κ1) is 24.3. The Bertz CT molecular complexity index is 1070. The van der Waals surface area contributed by atoms with Gasteiger partial charge in [-0.25, -0.2) is 0 Å². The summed E-state index contributed by atoms with van der Waals surface area (Å²) < 4.78 is 5.55. The number of fused-ring (bicyclic) bond motifs is 1. The quantitative estimate of drug-likeness (QED) is 0.487. The number of rotatable bonds is 9. The minimum atomic E-state index is -0.633. The Hall–Kier alpha value is -3.34. The molecule has 1 atom stereocenters. The van der Waals surface area contributed by atoms with E-state index in [0.717, 1.165) is 5.56 Å². The molecule has 0 radical (unpaired) electrons. The van der Waals surface area contributed by atoms with Gasteiger partial charge in [-0.3, -0.25) is 19.2 Å². The van der Waals surface area contributed by atoms with Crippen molar-refractivity contribution in [1.82, 2.24) is 0 Å². The van der Waals surface area contributed by atoms with Crippen LogP contribution in [0.25, 0.3) is 0 Å². The van der Waals surface area contributed by atoms with Crippen molar-refractivity contribution in [2.75, 3.05) is 0 Å². The number of ketones is 3. The Morgan fingerprint density at radius 1 is 0.909 bits per heavy atom. The van der Waals surface area contributed by atoms with Gasteiger partial charge in [0.2, 0.25) is 0 Å². The molecule has 0 aliphatic heterocycles. The van der Waals surface area contributed by atoms with Gasteiger partial charge in [0.1, 0.15) is 11.4 Å². The lowest BCUT2D eigenvalue weighted by Crippen LogP contribution is -2.31. The number of benzene rings is 2. The second kappa shape index (κ2) is 10.5. The van der Waals surface area contributed by atoms with Crippen LogP contribution < -0.4 is 0 Å². The van der Waals surface area contributed by atoms with Crippen molar-refractivity contribution in [2.24, 2.45) is 5.92 Å². The highest BCUT2D eigenvalue weighted by Gasteiger charge is 2.28. The standard InChI is InChI=1S/C28H30O5/c1-28(2,3)33-27(32)21(16-19-10-5-4-6-11-19)17-22(29)13-9-12-20-18-25(30)23-14-7-8-15-24(23)26(20)31/h4-8,10-11,14-15,18,21H,9,12-13,16-17H2,1-3H3/t21-/m1/s1. The molecule has 1 aliphatic rings. The number of hydrogen-bond acceptors (Lipinski definition) is 5. The molecule has 0 N–H and O–H groups in total. The van der Waals surface area contributed by atoms with Crippen molar-refractivity contribution in [2.45, 2.75) is 58.5 Å². The van der Waals surface area contributed by atoms with Crippen molar-refractivity contribution in [3.05, 3.63) is 82.9 Å². The highest BCUT2D eigenvalue weighted by Crippen LogP contribution is 2.25. The van der Waals surface area contributed by atoms with E-state index in [2.05, 4.69) is 0 Å². The van der Waals surface area contributed by atoms with Gasteiger partial charge in [0, 0.05) is 29.5 Å². The van der Waals surface area contributed by atoms with Gasteiger partial charge in [0.05, 0.1) is 5.92 Å². The molecule has 1 aliphatic carbocycles. The molecule has 0 saturated carbocycles. The normalized spacial score (nSPS) is 14.3. The molecule has 2 aromatic carbocycles.